The zero-order valence-corrected chi connectivity index (χ0v) is 19.7. The molecule has 6 nitrogen and oxygen atoms in total. The molecule has 3 aromatic rings. The van der Waals surface area contributed by atoms with Crippen LogP contribution in [0, 0.1) is 6.92 Å². The summed E-state index contributed by atoms with van der Waals surface area (Å²) >= 11 is 0. The zero-order valence-electron chi connectivity index (χ0n) is 18.8. The highest BCUT2D eigenvalue weighted by atomic mass is 32.2. The van der Waals surface area contributed by atoms with E-state index >= 15 is 0 Å². The molecule has 4 rings (SSSR count). The van der Waals surface area contributed by atoms with E-state index in [9.17, 15) is 18.3 Å². The van der Waals surface area contributed by atoms with Gasteiger partial charge in [-0.05, 0) is 80.0 Å². The molecule has 170 valence electrons. The van der Waals surface area contributed by atoms with E-state index in [0.717, 1.165) is 16.3 Å². The van der Waals surface area contributed by atoms with E-state index in [1.807, 2.05) is 31.2 Å². The highest BCUT2D eigenvalue weighted by Gasteiger charge is 2.45. The molecule has 0 amide bonds. The number of carbonyl (C=O) groups is 1. The molecule has 1 aliphatic rings. The standard InChI is InChI=1S/C26H25NO5S/c1-16-9-11-22(12-10-16)33(30,31)27-26(17(2)13-23(28)18(3)19(26)4)32-25-15-21-8-6-5-7-20(21)14-24(25)29/h5-15,27,29H,1-4H3/t26-/m0/s1. The summed E-state index contributed by atoms with van der Waals surface area (Å²) in [4.78, 5) is 12.5. The summed E-state index contributed by atoms with van der Waals surface area (Å²) in [5.74, 6) is -0.270. The van der Waals surface area contributed by atoms with Crippen molar-refractivity contribution in [1.29, 1.82) is 0 Å². The molecular weight excluding hydrogens is 438 g/mol. The number of allylic oxidation sites excluding steroid dienone is 2. The summed E-state index contributed by atoms with van der Waals surface area (Å²) in [6.45, 7) is 6.77. The summed E-state index contributed by atoms with van der Waals surface area (Å²) in [5.41, 5.74) is 0.358. The number of aromatic hydroxyl groups is 1. The minimum absolute atomic E-state index is 0.0639. The Balaban J connectivity index is 1.88. The second kappa shape index (κ2) is 8.17. The fourth-order valence-corrected chi connectivity index (χ4v) is 5.25. The van der Waals surface area contributed by atoms with Crippen molar-refractivity contribution in [1.82, 2.24) is 4.72 Å². The second-order valence-electron chi connectivity index (χ2n) is 8.31. The smallest absolute Gasteiger partial charge is 0.244 e. The van der Waals surface area contributed by atoms with Crippen LogP contribution >= 0.6 is 0 Å². The van der Waals surface area contributed by atoms with Gasteiger partial charge in [0.2, 0.25) is 15.7 Å². The van der Waals surface area contributed by atoms with Crippen molar-refractivity contribution in [2.24, 2.45) is 0 Å². The van der Waals surface area contributed by atoms with Crippen molar-refractivity contribution in [3.05, 3.63) is 89.0 Å². The number of sulfonamides is 1. The molecule has 0 saturated carbocycles. The Morgan fingerprint density at radius 1 is 0.909 bits per heavy atom. The topological polar surface area (TPSA) is 92.7 Å². The number of aryl methyl sites for hydroxylation is 1. The Labute approximate surface area is 193 Å². The number of hydrogen-bond donors (Lipinski definition) is 2. The summed E-state index contributed by atoms with van der Waals surface area (Å²) < 4.78 is 35.8. The number of carbonyl (C=O) groups excluding carboxylic acids is 1. The van der Waals surface area contributed by atoms with E-state index in [2.05, 4.69) is 4.72 Å². The minimum atomic E-state index is -4.06. The van der Waals surface area contributed by atoms with Gasteiger partial charge in [-0.1, -0.05) is 42.0 Å². The van der Waals surface area contributed by atoms with Crippen LogP contribution in [0.5, 0.6) is 11.5 Å². The number of ketones is 1. The molecule has 0 radical (unpaired) electrons. The van der Waals surface area contributed by atoms with Crippen LogP contribution in [0.3, 0.4) is 0 Å². The highest BCUT2D eigenvalue weighted by molar-refractivity contribution is 7.89. The predicted octanol–water partition coefficient (Wildman–Crippen LogP) is 4.77. The molecule has 0 bridgehead atoms. The van der Waals surface area contributed by atoms with Crippen molar-refractivity contribution >= 4 is 26.6 Å². The van der Waals surface area contributed by atoms with Gasteiger partial charge in [-0.15, -0.1) is 0 Å². The minimum Gasteiger partial charge on any atom is -0.504 e. The van der Waals surface area contributed by atoms with Gasteiger partial charge in [-0.25, -0.2) is 8.42 Å². The SMILES string of the molecule is CC1=CC(=O)C(C)=C(C)[C@@]1(NS(=O)(=O)c1ccc(C)cc1)Oc1cc2ccccc2cc1O. The number of phenolic OH excluding ortho intramolecular Hbond substituents is 1. The van der Waals surface area contributed by atoms with E-state index in [-0.39, 0.29) is 22.2 Å². The molecule has 0 aromatic heterocycles. The number of hydrogen-bond acceptors (Lipinski definition) is 5. The number of rotatable bonds is 5. The lowest BCUT2D eigenvalue weighted by Crippen LogP contribution is -2.56. The van der Waals surface area contributed by atoms with E-state index in [0.29, 0.717) is 16.7 Å². The highest BCUT2D eigenvalue weighted by Crippen LogP contribution is 2.40. The van der Waals surface area contributed by atoms with E-state index in [1.54, 1.807) is 45.0 Å². The van der Waals surface area contributed by atoms with Gasteiger partial charge in [0.15, 0.2) is 17.3 Å². The molecule has 3 aromatic carbocycles. The van der Waals surface area contributed by atoms with Crippen molar-refractivity contribution in [2.45, 2.75) is 38.3 Å². The van der Waals surface area contributed by atoms with Crippen LogP contribution in [0.1, 0.15) is 26.3 Å². The van der Waals surface area contributed by atoms with Gasteiger partial charge in [0, 0.05) is 5.57 Å². The molecular formula is C26H25NO5S. The first kappa shape index (κ1) is 22.8. The normalized spacial score (nSPS) is 19.0. The van der Waals surface area contributed by atoms with Crippen LogP contribution in [0.15, 0.2) is 88.4 Å². The molecule has 0 unspecified atom stereocenters. The Bertz CT molecular complexity index is 1440. The van der Waals surface area contributed by atoms with Gasteiger partial charge in [0.25, 0.3) is 0 Å². The Kier molecular flexibility index (Phi) is 5.64. The van der Waals surface area contributed by atoms with Crippen LogP contribution in [0.25, 0.3) is 10.8 Å². The summed E-state index contributed by atoms with van der Waals surface area (Å²) in [6, 6.07) is 17.1. The van der Waals surface area contributed by atoms with Gasteiger partial charge in [-0.3, -0.25) is 4.79 Å². The number of benzene rings is 3. The average molecular weight is 464 g/mol. The first-order valence-corrected chi connectivity index (χ1v) is 11.9. The molecule has 0 heterocycles. The maximum Gasteiger partial charge on any atom is 0.244 e. The third-order valence-electron chi connectivity index (χ3n) is 6.06. The van der Waals surface area contributed by atoms with Gasteiger partial charge in [0.05, 0.1) is 4.90 Å². The molecule has 0 saturated heterocycles. The predicted molar refractivity (Wildman–Crippen MR) is 128 cm³/mol. The van der Waals surface area contributed by atoms with Crippen LogP contribution in [-0.2, 0) is 14.8 Å². The third-order valence-corrected chi connectivity index (χ3v) is 7.51. The van der Waals surface area contributed by atoms with Crippen LogP contribution in [0.4, 0.5) is 0 Å². The van der Waals surface area contributed by atoms with Crippen molar-refractivity contribution in [2.75, 3.05) is 0 Å². The van der Waals surface area contributed by atoms with Crippen LogP contribution < -0.4 is 9.46 Å². The third kappa shape index (κ3) is 4.05. The van der Waals surface area contributed by atoms with E-state index in [4.69, 9.17) is 4.74 Å². The van der Waals surface area contributed by atoms with Crippen molar-refractivity contribution in [3.63, 3.8) is 0 Å². The fourth-order valence-electron chi connectivity index (χ4n) is 3.91. The van der Waals surface area contributed by atoms with Gasteiger partial charge in [0.1, 0.15) is 0 Å². The zero-order chi connectivity index (χ0) is 24.0. The molecule has 1 aliphatic carbocycles. The number of fused-ring (bicyclic) bond motifs is 1. The maximum atomic E-state index is 13.4. The van der Waals surface area contributed by atoms with Crippen LogP contribution in [0.2, 0.25) is 0 Å². The molecule has 0 spiro atoms. The molecule has 0 aliphatic heterocycles. The largest absolute Gasteiger partial charge is 0.504 e. The fraction of sp³-hybridized carbons (Fsp3) is 0.192. The number of ether oxygens (including phenoxy) is 1. The van der Waals surface area contributed by atoms with Gasteiger partial charge < -0.3 is 9.84 Å². The van der Waals surface area contributed by atoms with Crippen molar-refractivity contribution < 1.29 is 23.1 Å². The molecule has 7 heteroatoms. The summed E-state index contributed by atoms with van der Waals surface area (Å²) in [7, 11) is -4.06. The lowest BCUT2D eigenvalue weighted by molar-refractivity contribution is -0.111. The Hall–Kier alpha value is -3.42. The van der Waals surface area contributed by atoms with E-state index < -0.39 is 15.7 Å². The van der Waals surface area contributed by atoms with Crippen molar-refractivity contribution in [3.8, 4) is 11.5 Å². The summed E-state index contributed by atoms with van der Waals surface area (Å²) in [6.07, 6.45) is 1.36. The second-order valence-corrected chi connectivity index (χ2v) is 9.99. The first-order chi connectivity index (χ1) is 15.5. The lowest BCUT2D eigenvalue weighted by Gasteiger charge is -2.39. The average Bonchev–Trinajstić information content (AvgIpc) is 2.77. The molecule has 2 N–H and O–H groups in total. The Morgan fingerprint density at radius 3 is 2.15 bits per heavy atom. The molecule has 33 heavy (non-hydrogen) atoms. The number of phenols is 1. The van der Waals surface area contributed by atoms with E-state index in [1.165, 1.54) is 18.2 Å². The first-order valence-electron chi connectivity index (χ1n) is 10.5. The van der Waals surface area contributed by atoms with Gasteiger partial charge in [-0.2, -0.15) is 4.72 Å². The number of nitrogens with one attached hydrogen (secondary N) is 1. The maximum absolute atomic E-state index is 13.4. The van der Waals surface area contributed by atoms with Gasteiger partial charge >= 0.3 is 0 Å². The molecule has 0 fully saturated rings. The molecule has 1 atom stereocenters. The quantitative estimate of drug-likeness (QED) is 0.532. The van der Waals surface area contributed by atoms with Crippen LogP contribution in [-0.4, -0.2) is 25.0 Å². The monoisotopic (exact) mass is 463 g/mol. The Morgan fingerprint density at radius 2 is 1.52 bits per heavy atom. The summed E-state index contributed by atoms with van der Waals surface area (Å²) in [5, 5.41) is 12.3. The lowest BCUT2D eigenvalue weighted by atomic mass is 9.85.